The largest absolute Gasteiger partial charge is 0.450 e. The molecule has 166 valence electrons. The second kappa shape index (κ2) is 9.23. The van der Waals surface area contributed by atoms with Gasteiger partial charge < -0.3 is 24.1 Å². The summed E-state index contributed by atoms with van der Waals surface area (Å²) >= 11 is 0. The fraction of sp³-hybridized carbons (Fsp3) is 0.292. The summed E-state index contributed by atoms with van der Waals surface area (Å²) in [4.78, 5) is 39.5. The van der Waals surface area contributed by atoms with Crippen LogP contribution in [0.4, 0.5) is 11.4 Å². The summed E-state index contributed by atoms with van der Waals surface area (Å²) in [5.74, 6) is -1.33. The number of carbonyl (C=O) groups excluding carboxylic acids is 3. The second-order valence-electron chi connectivity index (χ2n) is 7.50. The Labute approximate surface area is 185 Å². The van der Waals surface area contributed by atoms with Gasteiger partial charge in [0, 0.05) is 30.0 Å². The first-order valence-electron chi connectivity index (χ1n) is 10.5. The average molecular weight is 436 g/mol. The monoisotopic (exact) mass is 436 g/mol. The van der Waals surface area contributed by atoms with E-state index in [1.54, 1.807) is 37.3 Å². The molecule has 0 aliphatic carbocycles. The fourth-order valence-electron chi connectivity index (χ4n) is 3.84. The van der Waals surface area contributed by atoms with Crippen molar-refractivity contribution < 1.29 is 28.3 Å². The van der Waals surface area contributed by atoms with E-state index in [4.69, 9.17) is 13.9 Å². The Morgan fingerprint density at radius 1 is 1.16 bits per heavy atom. The molecule has 32 heavy (non-hydrogen) atoms. The van der Waals surface area contributed by atoms with Crippen LogP contribution < -0.4 is 10.2 Å². The number of para-hydroxylation sites is 3. The molecule has 2 aromatic carbocycles. The zero-order valence-electron chi connectivity index (χ0n) is 17.9. The molecule has 0 saturated heterocycles. The number of ether oxygens (including phenoxy) is 2. The molecule has 0 fully saturated rings. The van der Waals surface area contributed by atoms with E-state index in [1.807, 2.05) is 25.1 Å². The van der Waals surface area contributed by atoms with Gasteiger partial charge in [-0.1, -0.05) is 30.3 Å². The molecular formula is C24H24N2O6. The van der Waals surface area contributed by atoms with E-state index >= 15 is 0 Å². The van der Waals surface area contributed by atoms with Crippen LogP contribution >= 0.6 is 0 Å². The fourth-order valence-corrected chi connectivity index (χ4v) is 3.84. The molecule has 0 spiro atoms. The van der Waals surface area contributed by atoms with Crippen LogP contribution in [0.25, 0.3) is 11.0 Å². The molecule has 2 amide bonds. The molecule has 0 bridgehead atoms. The third-order valence-electron chi connectivity index (χ3n) is 5.29. The van der Waals surface area contributed by atoms with Crippen molar-refractivity contribution >= 4 is 40.1 Å². The van der Waals surface area contributed by atoms with E-state index in [-0.39, 0.29) is 24.7 Å². The summed E-state index contributed by atoms with van der Waals surface area (Å²) in [6.07, 6.45) is 0.135. The highest BCUT2D eigenvalue weighted by Gasteiger charge is 2.31. The first-order valence-corrected chi connectivity index (χ1v) is 10.5. The molecule has 1 aliphatic heterocycles. The Bertz CT molecular complexity index is 1170. The van der Waals surface area contributed by atoms with Crippen LogP contribution in [0.2, 0.25) is 0 Å². The number of nitrogens with one attached hydrogen (secondary N) is 1. The molecule has 0 saturated carbocycles. The Morgan fingerprint density at radius 3 is 2.72 bits per heavy atom. The lowest BCUT2D eigenvalue weighted by atomic mass is 10.1. The minimum Gasteiger partial charge on any atom is -0.450 e. The molecule has 1 unspecified atom stereocenters. The molecule has 1 atom stereocenters. The molecular weight excluding hydrogens is 412 g/mol. The Hall–Kier alpha value is -3.65. The van der Waals surface area contributed by atoms with Crippen LogP contribution in [-0.4, -0.2) is 37.0 Å². The molecule has 4 rings (SSSR count). The van der Waals surface area contributed by atoms with Crippen LogP contribution in [-0.2, 0) is 25.7 Å². The summed E-state index contributed by atoms with van der Waals surface area (Å²) in [7, 11) is 0. The van der Waals surface area contributed by atoms with Gasteiger partial charge in [0.25, 0.3) is 5.91 Å². The van der Waals surface area contributed by atoms with Gasteiger partial charge in [-0.2, -0.15) is 0 Å². The van der Waals surface area contributed by atoms with Crippen LogP contribution in [0.15, 0.2) is 52.9 Å². The van der Waals surface area contributed by atoms with Crippen molar-refractivity contribution in [1.82, 2.24) is 0 Å². The van der Waals surface area contributed by atoms with Crippen molar-refractivity contribution in [1.29, 1.82) is 0 Å². The predicted molar refractivity (Wildman–Crippen MR) is 118 cm³/mol. The number of esters is 1. The Kier molecular flexibility index (Phi) is 6.23. The van der Waals surface area contributed by atoms with Crippen molar-refractivity contribution in [2.24, 2.45) is 0 Å². The van der Waals surface area contributed by atoms with Gasteiger partial charge in [-0.3, -0.25) is 9.59 Å². The number of anilines is 2. The molecule has 8 heteroatoms. The Balaban J connectivity index is 1.54. The highest BCUT2D eigenvalue weighted by Crippen LogP contribution is 2.31. The van der Waals surface area contributed by atoms with E-state index in [9.17, 15) is 14.4 Å². The highest BCUT2D eigenvalue weighted by atomic mass is 16.5. The zero-order chi connectivity index (χ0) is 22.7. The zero-order valence-corrected chi connectivity index (χ0v) is 17.9. The normalized spacial score (nSPS) is 15.8. The number of nitrogens with zero attached hydrogens (tertiary/aromatic N) is 1. The van der Waals surface area contributed by atoms with Crippen LogP contribution in [0, 0.1) is 0 Å². The second-order valence-corrected chi connectivity index (χ2v) is 7.50. The maximum absolute atomic E-state index is 13.0. The summed E-state index contributed by atoms with van der Waals surface area (Å²) in [5, 5.41) is 3.56. The molecule has 1 N–H and O–H groups in total. The van der Waals surface area contributed by atoms with Gasteiger partial charge in [0.1, 0.15) is 5.58 Å². The summed E-state index contributed by atoms with van der Waals surface area (Å²) in [6.45, 7) is 3.82. The topological polar surface area (TPSA) is 98.1 Å². The van der Waals surface area contributed by atoms with E-state index in [0.29, 0.717) is 29.1 Å². The number of hydrogen-bond acceptors (Lipinski definition) is 6. The third-order valence-corrected chi connectivity index (χ3v) is 5.29. The number of carbonyl (C=O) groups is 3. The van der Waals surface area contributed by atoms with Crippen molar-refractivity contribution in [3.05, 3.63) is 59.9 Å². The van der Waals surface area contributed by atoms with Gasteiger partial charge in [0.15, 0.2) is 6.61 Å². The van der Waals surface area contributed by atoms with Gasteiger partial charge in [-0.25, -0.2) is 4.79 Å². The van der Waals surface area contributed by atoms with Gasteiger partial charge >= 0.3 is 5.97 Å². The molecule has 8 nitrogen and oxygen atoms in total. The van der Waals surface area contributed by atoms with Gasteiger partial charge in [0.2, 0.25) is 11.7 Å². The van der Waals surface area contributed by atoms with Crippen molar-refractivity contribution in [2.75, 3.05) is 23.4 Å². The molecule has 1 aromatic heterocycles. The van der Waals surface area contributed by atoms with Crippen LogP contribution in [0.5, 0.6) is 0 Å². The van der Waals surface area contributed by atoms with Crippen molar-refractivity contribution in [2.45, 2.75) is 32.9 Å². The van der Waals surface area contributed by atoms with E-state index in [0.717, 1.165) is 5.39 Å². The molecule has 0 radical (unpaired) electrons. The first kappa shape index (κ1) is 21.6. The highest BCUT2D eigenvalue weighted by molar-refractivity contribution is 6.05. The number of fused-ring (bicyclic) bond motifs is 2. The van der Waals surface area contributed by atoms with Crippen LogP contribution in [0.1, 0.15) is 36.4 Å². The number of amides is 2. The van der Waals surface area contributed by atoms with Crippen molar-refractivity contribution in [3.63, 3.8) is 0 Å². The van der Waals surface area contributed by atoms with E-state index in [1.165, 1.54) is 4.90 Å². The van der Waals surface area contributed by atoms with Gasteiger partial charge in [-0.15, -0.1) is 0 Å². The van der Waals surface area contributed by atoms with Gasteiger partial charge in [0.05, 0.1) is 18.0 Å². The number of furan rings is 1. The first-order chi connectivity index (χ1) is 15.5. The maximum Gasteiger partial charge on any atom is 0.375 e. The van der Waals surface area contributed by atoms with E-state index < -0.39 is 24.5 Å². The number of hydrogen-bond donors (Lipinski definition) is 1. The quantitative estimate of drug-likeness (QED) is 0.589. The summed E-state index contributed by atoms with van der Waals surface area (Å²) in [6, 6.07) is 13.9. The van der Waals surface area contributed by atoms with E-state index in [2.05, 4.69) is 5.32 Å². The standard InChI is InChI=1S/C24H24N2O6/c1-3-30-13-17-16-8-4-7-11-20(16)32-23(17)24(29)31-14-22(28)26-15(2)12-21(27)25-18-9-5-6-10-19(18)26/h4-11,15H,3,12-14H2,1-2H3,(H,25,27). The average Bonchev–Trinajstić information content (AvgIpc) is 3.09. The van der Waals surface area contributed by atoms with Gasteiger partial charge in [-0.05, 0) is 32.0 Å². The lowest BCUT2D eigenvalue weighted by Gasteiger charge is -2.27. The smallest absolute Gasteiger partial charge is 0.375 e. The predicted octanol–water partition coefficient (Wildman–Crippen LogP) is 3.89. The lowest BCUT2D eigenvalue weighted by molar-refractivity contribution is -0.122. The molecule has 3 aromatic rings. The molecule has 1 aliphatic rings. The third kappa shape index (κ3) is 4.22. The SMILES string of the molecule is CCOCc1c(C(=O)OCC(=O)N2c3ccccc3NC(=O)CC2C)oc2ccccc12. The number of rotatable bonds is 6. The Morgan fingerprint density at radius 2 is 1.91 bits per heavy atom. The summed E-state index contributed by atoms with van der Waals surface area (Å²) < 4.78 is 16.5. The number of benzene rings is 2. The van der Waals surface area contributed by atoms with Crippen molar-refractivity contribution in [3.8, 4) is 0 Å². The minimum absolute atomic E-state index is 0.0219. The van der Waals surface area contributed by atoms with Crippen LogP contribution in [0.3, 0.4) is 0 Å². The summed E-state index contributed by atoms with van der Waals surface area (Å²) in [5.41, 5.74) is 2.23. The lowest BCUT2D eigenvalue weighted by Crippen LogP contribution is -2.41. The molecule has 2 heterocycles. The minimum atomic E-state index is -0.741. The maximum atomic E-state index is 13.0.